The fourth-order valence-electron chi connectivity index (χ4n) is 6.31. The van der Waals surface area contributed by atoms with Crippen molar-refractivity contribution in [2.45, 2.75) is 70.6 Å². The molecule has 44 heavy (non-hydrogen) atoms. The lowest BCUT2D eigenvalue weighted by Crippen LogP contribution is -2.46. The molecule has 1 amide bonds. The van der Waals surface area contributed by atoms with Gasteiger partial charge in [-0.05, 0) is 55.4 Å². The smallest absolute Gasteiger partial charge is 0.316 e. The van der Waals surface area contributed by atoms with E-state index in [2.05, 4.69) is 40.7 Å². The molecule has 1 atom stereocenters. The Bertz CT molecular complexity index is 1550. The van der Waals surface area contributed by atoms with Crippen molar-refractivity contribution in [2.24, 2.45) is 16.8 Å². The zero-order valence-corrected chi connectivity index (χ0v) is 26.6. The third-order valence-corrected chi connectivity index (χ3v) is 9.32. The minimum Gasteiger partial charge on any atom is -0.467 e. The van der Waals surface area contributed by atoms with E-state index in [4.69, 9.17) is 31.3 Å². The number of allylic oxidation sites excluding steroid dienone is 1. The summed E-state index contributed by atoms with van der Waals surface area (Å²) in [5.74, 6) is 1.35. The number of nitrogens with zero attached hydrogens (tertiary/aromatic N) is 8. The Balaban J connectivity index is 1.16. The van der Waals surface area contributed by atoms with Gasteiger partial charge in [0.2, 0.25) is 5.91 Å². The normalized spacial score (nSPS) is 20.9. The van der Waals surface area contributed by atoms with Gasteiger partial charge in [-0.1, -0.05) is 32.4 Å². The minimum atomic E-state index is -0.298. The van der Waals surface area contributed by atoms with Crippen LogP contribution in [0.4, 0.5) is 0 Å². The van der Waals surface area contributed by atoms with E-state index in [1.165, 1.54) is 7.11 Å². The summed E-state index contributed by atoms with van der Waals surface area (Å²) in [7, 11) is 1.53. The molecule has 0 spiro atoms. The molecule has 1 unspecified atom stereocenters. The van der Waals surface area contributed by atoms with Gasteiger partial charge in [0.05, 0.1) is 47.9 Å². The summed E-state index contributed by atoms with van der Waals surface area (Å²) in [6, 6.07) is 0.299. The maximum atomic E-state index is 13.7. The van der Waals surface area contributed by atoms with Crippen molar-refractivity contribution in [3.8, 4) is 17.3 Å². The summed E-state index contributed by atoms with van der Waals surface area (Å²) in [5.41, 5.74) is 4.67. The summed E-state index contributed by atoms with van der Waals surface area (Å²) in [4.78, 5) is 47.8. The number of likely N-dealkylation sites (tertiary alicyclic amines) is 1. The Morgan fingerprint density at radius 2 is 1.75 bits per heavy atom. The molecule has 1 saturated heterocycles. The molecule has 3 aromatic heterocycles. The minimum absolute atomic E-state index is 0.129. The van der Waals surface area contributed by atoms with Crippen molar-refractivity contribution < 1.29 is 9.53 Å². The summed E-state index contributed by atoms with van der Waals surface area (Å²) in [6.07, 6.45) is 16.4. The molecule has 1 saturated carbocycles. The predicted molar refractivity (Wildman–Crippen MR) is 169 cm³/mol. The van der Waals surface area contributed by atoms with Crippen molar-refractivity contribution in [1.29, 1.82) is 0 Å². The molecule has 11 heteroatoms. The number of aliphatic imine (C=N–C) groups is 1. The van der Waals surface area contributed by atoms with Crippen molar-refractivity contribution >= 4 is 23.2 Å². The molecule has 2 aliphatic heterocycles. The molecule has 6 rings (SSSR count). The second-order valence-electron chi connectivity index (χ2n) is 13.0. The number of rotatable bonds is 8. The zero-order chi connectivity index (χ0) is 30.8. The topological polar surface area (TPSA) is 119 Å². The first kappa shape index (κ1) is 30.2. The summed E-state index contributed by atoms with van der Waals surface area (Å²) >= 11 is 6.51. The first-order valence-electron chi connectivity index (χ1n) is 15.5. The molecule has 3 aromatic rings. The molecule has 10 nitrogen and oxygen atoms in total. The second-order valence-corrected chi connectivity index (χ2v) is 13.4. The number of halogens is 1. The highest BCUT2D eigenvalue weighted by atomic mass is 35.5. The van der Waals surface area contributed by atoms with E-state index in [1.54, 1.807) is 24.8 Å². The van der Waals surface area contributed by atoms with Gasteiger partial charge in [0.25, 0.3) is 0 Å². The largest absolute Gasteiger partial charge is 0.467 e. The Labute approximate surface area is 263 Å². The average molecular weight is 615 g/mol. The second kappa shape index (κ2) is 12.7. The number of hydrogen-bond acceptors (Lipinski definition) is 9. The number of amides is 1. The molecule has 0 N–H and O–H groups in total. The first-order valence-corrected chi connectivity index (χ1v) is 15.8. The number of methoxy groups -OCH3 is 1. The van der Waals surface area contributed by atoms with Gasteiger partial charge in [0.1, 0.15) is 11.5 Å². The standard InChI is InChI=1S/C33H39ClN8O2/c1-33(2,3)23-17-38-27(41-29(23)30-24(34)10-11-35-30)14-20-6-8-21(9-7-20)28(31(43)42-12-5-13-42)26-19-36-25(18-37-26)22-15-39-32(44-4)40-16-22/h10,15-21,28H,5-9,11-14H2,1-4H3. The van der Waals surface area contributed by atoms with Crippen LogP contribution in [0.3, 0.4) is 0 Å². The lowest BCUT2D eigenvalue weighted by molar-refractivity contribution is -0.138. The number of hydrogen-bond donors (Lipinski definition) is 0. The van der Waals surface area contributed by atoms with Crippen LogP contribution in [0.25, 0.3) is 11.3 Å². The lowest BCUT2D eigenvalue weighted by Gasteiger charge is -2.38. The van der Waals surface area contributed by atoms with E-state index in [0.29, 0.717) is 29.2 Å². The van der Waals surface area contributed by atoms with Crippen LogP contribution >= 0.6 is 11.6 Å². The van der Waals surface area contributed by atoms with Crippen molar-refractivity contribution in [1.82, 2.24) is 34.8 Å². The molecule has 230 valence electrons. The highest BCUT2D eigenvalue weighted by Crippen LogP contribution is 2.40. The first-order chi connectivity index (χ1) is 21.2. The quantitative estimate of drug-likeness (QED) is 0.334. The summed E-state index contributed by atoms with van der Waals surface area (Å²) in [6.45, 7) is 8.69. The van der Waals surface area contributed by atoms with Crippen molar-refractivity contribution in [3.63, 3.8) is 0 Å². The van der Waals surface area contributed by atoms with Crippen molar-refractivity contribution in [2.75, 3.05) is 26.7 Å². The molecule has 1 aliphatic carbocycles. The summed E-state index contributed by atoms with van der Waals surface area (Å²) < 4.78 is 5.06. The van der Waals surface area contributed by atoms with Crippen LogP contribution in [0, 0.1) is 11.8 Å². The van der Waals surface area contributed by atoms with Crippen molar-refractivity contribution in [3.05, 3.63) is 64.9 Å². The number of carbonyl (C=O) groups excluding carboxylic acids is 1. The van der Waals surface area contributed by atoms with Crippen LogP contribution in [-0.4, -0.2) is 73.2 Å². The SMILES string of the molecule is COc1ncc(-c2cnc(C(C(=O)N3CCC3)C3CCC(Cc4ncc(C(C)(C)C)c(C5=NCC=C5Cl)n4)CC3)cn2)cn1. The van der Waals surface area contributed by atoms with Crippen LogP contribution < -0.4 is 4.74 Å². The van der Waals surface area contributed by atoms with Gasteiger partial charge in [-0.3, -0.25) is 19.8 Å². The predicted octanol–water partition coefficient (Wildman–Crippen LogP) is 5.32. The van der Waals surface area contributed by atoms with Gasteiger partial charge in [-0.15, -0.1) is 0 Å². The van der Waals surface area contributed by atoms with Crippen LogP contribution in [0.2, 0.25) is 0 Å². The monoisotopic (exact) mass is 614 g/mol. The van der Waals surface area contributed by atoms with Crippen LogP contribution in [0.5, 0.6) is 6.01 Å². The van der Waals surface area contributed by atoms with Crippen LogP contribution in [-0.2, 0) is 16.6 Å². The van der Waals surface area contributed by atoms with Gasteiger partial charge in [-0.2, -0.15) is 0 Å². The average Bonchev–Trinajstić information content (AvgIpc) is 3.43. The van der Waals surface area contributed by atoms with Gasteiger partial charge in [0.15, 0.2) is 0 Å². The van der Waals surface area contributed by atoms with Crippen LogP contribution in [0.1, 0.15) is 81.6 Å². The maximum absolute atomic E-state index is 13.7. The zero-order valence-electron chi connectivity index (χ0n) is 25.8. The molecular weight excluding hydrogens is 576 g/mol. The lowest BCUT2D eigenvalue weighted by atomic mass is 9.73. The third-order valence-electron chi connectivity index (χ3n) is 8.98. The Hall–Kier alpha value is -3.79. The third kappa shape index (κ3) is 6.36. The van der Waals surface area contributed by atoms with E-state index in [9.17, 15) is 4.79 Å². The molecule has 0 bridgehead atoms. The highest BCUT2D eigenvalue weighted by molar-refractivity contribution is 6.46. The molecule has 2 fully saturated rings. The van der Waals surface area contributed by atoms with Crippen LogP contribution in [0.15, 0.2) is 47.1 Å². The van der Waals surface area contributed by atoms with E-state index in [1.807, 2.05) is 17.2 Å². The summed E-state index contributed by atoms with van der Waals surface area (Å²) in [5, 5.41) is 0.659. The van der Waals surface area contributed by atoms with E-state index in [0.717, 1.165) is 85.7 Å². The Kier molecular flexibility index (Phi) is 8.71. The van der Waals surface area contributed by atoms with E-state index >= 15 is 0 Å². The van der Waals surface area contributed by atoms with Gasteiger partial charge < -0.3 is 9.64 Å². The highest BCUT2D eigenvalue weighted by Gasteiger charge is 2.38. The number of ether oxygens (including phenoxy) is 1. The Morgan fingerprint density at radius 3 is 2.32 bits per heavy atom. The Morgan fingerprint density at radius 1 is 1.00 bits per heavy atom. The number of aromatic nitrogens is 6. The molecule has 5 heterocycles. The van der Waals surface area contributed by atoms with E-state index < -0.39 is 0 Å². The number of carbonyl (C=O) groups is 1. The van der Waals surface area contributed by atoms with E-state index in [-0.39, 0.29) is 23.2 Å². The fourth-order valence-corrected chi connectivity index (χ4v) is 6.53. The maximum Gasteiger partial charge on any atom is 0.316 e. The van der Waals surface area contributed by atoms with Gasteiger partial charge >= 0.3 is 6.01 Å². The molecule has 0 radical (unpaired) electrons. The van der Waals surface area contributed by atoms with Gasteiger partial charge in [0, 0.05) is 55.4 Å². The fraction of sp³-hybridized carbons (Fsp3) is 0.515. The van der Waals surface area contributed by atoms with Gasteiger partial charge in [-0.25, -0.2) is 19.9 Å². The molecule has 3 aliphatic rings. The molecule has 0 aromatic carbocycles. The molecular formula is C33H39ClN8O2.